The van der Waals surface area contributed by atoms with Crippen LogP contribution in [0.3, 0.4) is 0 Å². The van der Waals surface area contributed by atoms with E-state index in [4.69, 9.17) is 4.74 Å². The van der Waals surface area contributed by atoms with Gasteiger partial charge in [0.15, 0.2) is 12.2 Å². The molecule has 10 nitrogen and oxygen atoms in total. The molecule has 3 aliphatic heterocycles. The van der Waals surface area contributed by atoms with Crippen LogP contribution in [-0.4, -0.2) is 71.3 Å². The number of nitrogens with zero attached hydrogens (tertiary/aromatic N) is 3. The van der Waals surface area contributed by atoms with E-state index in [0.29, 0.717) is 6.42 Å². The standard InChI is InChI=1S/C33H36N6O4/c1-21(2)30(41)36-32-35-29-28(31(42)37-32)34-20-39(29)27-18-25(26(19-40)43-27)38-33(22-12-6-3-7-13-22,23-14-8-4-9-15-23)24-16-10-5-11-17-24/h3-17,20-21,25-29,38,40H,18-19H2,1-2H3,(H2,35,36,37,41,42). The molecular weight excluding hydrogens is 544 g/mol. The Bertz CT molecular complexity index is 1400. The normalized spacial score (nSPS) is 24.9. The number of hydrogen-bond acceptors (Lipinski definition) is 8. The topological polar surface area (TPSA) is 128 Å². The molecule has 0 aliphatic carbocycles. The molecule has 1 fully saturated rings. The van der Waals surface area contributed by atoms with Crippen molar-refractivity contribution in [1.82, 2.24) is 20.9 Å². The first-order valence-electron chi connectivity index (χ1n) is 14.6. The number of rotatable bonds is 8. The van der Waals surface area contributed by atoms with E-state index in [9.17, 15) is 14.7 Å². The van der Waals surface area contributed by atoms with E-state index in [1.807, 2.05) is 59.5 Å². The fraction of sp³-hybridized carbons (Fsp3) is 0.333. The van der Waals surface area contributed by atoms with Crippen molar-refractivity contribution < 1.29 is 19.4 Å². The van der Waals surface area contributed by atoms with Gasteiger partial charge in [-0.25, -0.2) is 4.99 Å². The maximum atomic E-state index is 12.9. The molecule has 0 spiro atoms. The minimum absolute atomic E-state index is 0.100. The molecular formula is C33H36N6O4. The van der Waals surface area contributed by atoms with Crippen molar-refractivity contribution in [3.63, 3.8) is 0 Å². The maximum Gasteiger partial charge on any atom is 0.255 e. The summed E-state index contributed by atoms with van der Waals surface area (Å²) in [6.45, 7) is 3.33. The summed E-state index contributed by atoms with van der Waals surface area (Å²) in [5, 5.41) is 19.8. The molecule has 3 heterocycles. The first-order chi connectivity index (χ1) is 20.9. The Morgan fingerprint density at radius 3 is 2.07 bits per heavy atom. The van der Waals surface area contributed by atoms with Gasteiger partial charge in [0.1, 0.15) is 6.23 Å². The summed E-state index contributed by atoms with van der Waals surface area (Å²) in [5.74, 6) is -0.769. The lowest BCUT2D eigenvalue weighted by Gasteiger charge is -2.40. The molecule has 0 saturated carbocycles. The molecule has 0 radical (unpaired) electrons. The minimum Gasteiger partial charge on any atom is -0.394 e. The maximum absolute atomic E-state index is 12.9. The molecule has 2 amide bonds. The Hall–Kier alpha value is -4.38. The van der Waals surface area contributed by atoms with Gasteiger partial charge in [0.2, 0.25) is 11.9 Å². The van der Waals surface area contributed by atoms with Crippen LogP contribution >= 0.6 is 0 Å². The van der Waals surface area contributed by atoms with Gasteiger partial charge in [0, 0.05) is 18.4 Å². The third-order valence-corrected chi connectivity index (χ3v) is 8.26. The number of aliphatic hydroxyl groups excluding tert-OH is 1. The summed E-state index contributed by atoms with van der Waals surface area (Å²) >= 11 is 0. The Morgan fingerprint density at radius 1 is 1.00 bits per heavy atom. The SMILES string of the molecule is CC(C)C(=O)NC1=NC2C(N=CN2C2CC(NC(c3ccccc3)(c3ccccc3)c3ccccc3)C(CO)O2)C(=O)N1. The van der Waals surface area contributed by atoms with Gasteiger partial charge in [-0.2, -0.15) is 0 Å². The molecule has 5 atom stereocenters. The van der Waals surface area contributed by atoms with Gasteiger partial charge in [-0.1, -0.05) is 105 Å². The zero-order chi connectivity index (χ0) is 30.0. The second-order valence-corrected chi connectivity index (χ2v) is 11.3. The number of carbonyl (C=O) groups excluding carboxylic acids is 2. The van der Waals surface area contributed by atoms with E-state index in [1.54, 1.807) is 20.2 Å². The van der Waals surface area contributed by atoms with Gasteiger partial charge in [-0.15, -0.1) is 0 Å². The van der Waals surface area contributed by atoms with Gasteiger partial charge in [-0.05, 0) is 16.7 Å². The van der Waals surface area contributed by atoms with Gasteiger partial charge < -0.3 is 14.7 Å². The number of hydrogen-bond donors (Lipinski definition) is 4. The average Bonchev–Trinajstić information content (AvgIpc) is 3.65. The molecule has 0 bridgehead atoms. The van der Waals surface area contributed by atoms with E-state index in [1.165, 1.54) is 0 Å². The fourth-order valence-electron chi connectivity index (χ4n) is 6.05. The third-order valence-electron chi connectivity index (χ3n) is 8.26. The molecule has 5 unspecified atom stereocenters. The summed E-state index contributed by atoms with van der Waals surface area (Å²) < 4.78 is 6.43. The highest BCUT2D eigenvalue weighted by Gasteiger charge is 2.49. The van der Waals surface area contributed by atoms with Crippen molar-refractivity contribution in [2.75, 3.05) is 6.61 Å². The van der Waals surface area contributed by atoms with Crippen LogP contribution in [-0.2, 0) is 19.9 Å². The minimum atomic E-state index is -0.764. The smallest absolute Gasteiger partial charge is 0.255 e. The molecule has 43 heavy (non-hydrogen) atoms. The zero-order valence-electron chi connectivity index (χ0n) is 24.1. The summed E-state index contributed by atoms with van der Waals surface area (Å²) in [5.41, 5.74) is 2.40. The molecule has 6 rings (SSSR count). The Kier molecular flexibility index (Phi) is 8.07. The second kappa shape index (κ2) is 12.1. The van der Waals surface area contributed by atoms with Crippen molar-refractivity contribution in [1.29, 1.82) is 0 Å². The van der Waals surface area contributed by atoms with Crippen LogP contribution in [0.4, 0.5) is 0 Å². The lowest BCUT2D eigenvalue weighted by molar-refractivity contribution is -0.123. The van der Waals surface area contributed by atoms with Gasteiger partial charge in [0.25, 0.3) is 5.91 Å². The summed E-state index contributed by atoms with van der Waals surface area (Å²) in [6, 6.07) is 29.7. The molecule has 1 saturated heterocycles. The van der Waals surface area contributed by atoms with E-state index >= 15 is 0 Å². The summed E-state index contributed by atoms with van der Waals surface area (Å²) in [4.78, 5) is 36.0. The van der Waals surface area contributed by atoms with E-state index in [0.717, 1.165) is 16.7 Å². The monoisotopic (exact) mass is 580 g/mol. The first-order valence-corrected chi connectivity index (χ1v) is 14.6. The number of fused-ring (bicyclic) bond motifs is 1. The van der Waals surface area contributed by atoms with Gasteiger partial charge in [-0.3, -0.25) is 30.5 Å². The third kappa shape index (κ3) is 5.45. The number of benzene rings is 3. The van der Waals surface area contributed by atoms with Crippen molar-refractivity contribution in [2.24, 2.45) is 15.9 Å². The number of nitrogens with one attached hydrogen (secondary N) is 3. The Morgan fingerprint density at radius 2 is 1.56 bits per heavy atom. The van der Waals surface area contributed by atoms with Crippen LogP contribution in [0.25, 0.3) is 0 Å². The lowest BCUT2D eigenvalue weighted by Crippen LogP contribution is -2.57. The number of aliphatic imine (C=N–C) groups is 2. The van der Waals surface area contributed by atoms with Crippen LogP contribution < -0.4 is 16.0 Å². The van der Waals surface area contributed by atoms with Gasteiger partial charge >= 0.3 is 0 Å². The van der Waals surface area contributed by atoms with Crippen LogP contribution in [0, 0.1) is 5.92 Å². The number of aliphatic hydroxyl groups is 1. The fourth-order valence-corrected chi connectivity index (χ4v) is 6.05. The first kappa shape index (κ1) is 28.7. The number of guanidine groups is 1. The van der Waals surface area contributed by atoms with E-state index < -0.39 is 30.1 Å². The summed E-state index contributed by atoms with van der Waals surface area (Å²) in [6.07, 6.45) is 0.326. The Labute approximate surface area is 250 Å². The van der Waals surface area contributed by atoms with Crippen molar-refractivity contribution in [3.05, 3.63) is 108 Å². The quantitative estimate of drug-likeness (QED) is 0.303. The van der Waals surface area contributed by atoms with Crippen LogP contribution in [0.5, 0.6) is 0 Å². The van der Waals surface area contributed by atoms with E-state index in [-0.39, 0.29) is 36.3 Å². The number of carbonyl (C=O) groups is 2. The molecule has 3 aromatic carbocycles. The Balaban J connectivity index is 1.34. The molecule has 222 valence electrons. The average molecular weight is 581 g/mol. The number of amides is 2. The van der Waals surface area contributed by atoms with Gasteiger partial charge in [0.05, 0.1) is 24.6 Å². The van der Waals surface area contributed by atoms with Crippen molar-refractivity contribution in [3.8, 4) is 0 Å². The predicted octanol–water partition coefficient (Wildman–Crippen LogP) is 2.34. The van der Waals surface area contributed by atoms with Crippen LogP contribution in [0.15, 0.2) is 101 Å². The van der Waals surface area contributed by atoms with E-state index in [2.05, 4.69) is 62.3 Å². The summed E-state index contributed by atoms with van der Waals surface area (Å²) in [7, 11) is 0. The van der Waals surface area contributed by atoms with Crippen LogP contribution in [0.2, 0.25) is 0 Å². The second-order valence-electron chi connectivity index (χ2n) is 11.3. The van der Waals surface area contributed by atoms with Crippen molar-refractivity contribution >= 4 is 24.1 Å². The molecule has 3 aromatic rings. The highest BCUT2D eigenvalue weighted by atomic mass is 16.5. The molecule has 3 aliphatic rings. The predicted molar refractivity (Wildman–Crippen MR) is 163 cm³/mol. The lowest BCUT2D eigenvalue weighted by atomic mass is 9.76. The largest absolute Gasteiger partial charge is 0.394 e. The molecule has 4 N–H and O–H groups in total. The molecule has 0 aromatic heterocycles. The zero-order valence-corrected chi connectivity index (χ0v) is 24.1. The molecule has 10 heteroatoms. The van der Waals surface area contributed by atoms with Crippen LogP contribution in [0.1, 0.15) is 37.0 Å². The number of ether oxygens (including phenoxy) is 1. The highest BCUT2D eigenvalue weighted by Crippen LogP contribution is 2.40. The highest BCUT2D eigenvalue weighted by molar-refractivity contribution is 6.08. The van der Waals surface area contributed by atoms with Crippen molar-refractivity contribution in [2.45, 2.75) is 56.4 Å².